The first-order valence-corrected chi connectivity index (χ1v) is 44.3. The molecule has 0 aliphatic carbocycles. The molecular formula is C93H170NO8+. The molecule has 0 rings (SSSR count). The molecule has 0 fully saturated rings. The van der Waals surface area contributed by atoms with Gasteiger partial charge in [-0.3, -0.25) is 9.59 Å². The Kier molecular flexibility index (Phi) is 80.2. The van der Waals surface area contributed by atoms with E-state index >= 15 is 0 Å². The normalized spacial score (nSPS) is 13.0. The van der Waals surface area contributed by atoms with Gasteiger partial charge >= 0.3 is 17.9 Å². The highest BCUT2D eigenvalue weighted by atomic mass is 16.7. The molecule has 0 aromatic heterocycles. The number of quaternary nitrogens is 1. The fourth-order valence-corrected chi connectivity index (χ4v) is 13.2. The number of unbranched alkanes of at least 4 members (excludes halogenated alkanes) is 54. The molecule has 0 aliphatic rings. The third-order valence-corrected chi connectivity index (χ3v) is 19.9. The first kappa shape index (κ1) is 98.5. The standard InChI is InChI=1S/C93H169NO8/c1-6-8-10-12-14-16-18-20-22-24-26-28-30-32-34-36-38-40-42-44-45-46-47-48-50-52-54-56-58-60-62-64-66-68-70-72-74-76-78-80-82-84-91(96)102-89(88-101-93(92(97)98)99-86-85-94(3,4)5)87-100-90(95)83-81-79-77-75-73-71-69-67-65-63-61-59-57-55-53-51-49-43-41-39-37-35-33-31-29-27-25-23-21-19-17-15-13-11-9-7-2/h8,10,14,16,20,22,26,28,32,34,38,40,44-45,89,93H,6-7,9,11-13,15,17-19,21,23-25,27,29-31,33,35-37,39,41-43,46-88H2,1-5H3/p+1/b10-8-,16-14-,22-20-,28-26-,34-32-,40-38-,45-44-. The minimum absolute atomic E-state index is 0.177. The highest BCUT2D eigenvalue weighted by Gasteiger charge is 2.25. The van der Waals surface area contributed by atoms with Gasteiger partial charge in [0.05, 0.1) is 34.4 Å². The molecule has 2 atom stereocenters. The molecule has 0 spiro atoms. The quantitative estimate of drug-likeness (QED) is 0.0211. The molecule has 0 bridgehead atoms. The Labute approximate surface area is 633 Å². The van der Waals surface area contributed by atoms with Crippen LogP contribution in [0.25, 0.3) is 0 Å². The van der Waals surface area contributed by atoms with Gasteiger partial charge in [0.25, 0.3) is 6.29 Å². The van der Waals surface area contributed by atoms with Crippen LogP contribution in [0, 0.1) is 0 Å². The summed E-state index contributed by atoms with van der Waals surface area (Å²) in [7, 11) is 6.00. The predicted octanol–water partition coefficient (Wildman–Crippen LogP) is 28.9. The summed E-state index contributed by atoms with van der Waals surface area (Å²) in [5.41, 5.74) is 0. The van der Waals surface area contributed by atoms with Crippen LogP contribution in [0.2, 0.25) is 0 Å². The van der Waals surface area contributed by atoms with Gasteiger partial charge in [-0.25, -0.2) is 4.79 Å². The lowest BCUT2D eigenvalue weighted by Gasteiger charge is -2.25. The number of allylic oxidation sites excluding steroid dienone is 14. The van der Waals surface area contributed by atoms with Crippen molar-refractivity contribution in [3.05, 3.63) is 85.1 Å². The second-order valence-electron chi connectivity index (χ2n) is 31.2. The number of carboxylic acids is 1. The maximum Gasteiger partial charge on any atom is 0.361 e. The molecule has 0 aromatic rings. The number of rotatable bonds is 83. The van der Waals surface area contributed by atoms with Crippen molar-refractivity contribution >= 4 is 17.9 Å². The van der Waals surface area contributed by atoms with Crippen molar-refractivity contribution in [1.29, 1.82) is 0 Å². The van der Waals surface area contributed by atoms with E-state index < -0.39 is 18.4 Å². The molecule has 0 saturated carbocycles. The van der Waals surface area contributed by atoms with Crippen LogP contribution in [0.5, 0.6) is 0 Å². The third kappa shape index (κ3) is 83.7. The Bertz CT molecular complexity index is 1960. The lowest BCUT2D eigenvalue weighted by atomic mass is 10.0. The van der Waals surface area contributed by atoms with Crippen LogP contribution in [-0.4, -0.2) is 87.4 Å². The van der Waals surface area contributed by atoms with E-state index in [4.69, 9.17) is 18.9 Å². The topological polar surface area (TPSA) is 108 Å². The minimum atomic E-state index is -1.51. The van der Waals surface area contributed by atoms with Gasteiger partial charge in [-0.2, -0.15) is 0 Å². The number of carbonyl (C=O) groups excluding carboxylic acids is 2. The summed E-state index contributed by atoms with van der Waals surface area (Å²) in [4.78, 5) is 37.8. The predicted molar refractivity (Wildman–Crippen MR) is 442 cm³/mol. The van der Waals surface area contributed by atoms with Gasteiger partial charge in [-0.05, 0) is 70.6 Å². The SMILES string of the molecule is CC/C=C\C/C=C\C/C=C\C/C=C\C/C=C\C/C=C\C/C=C\CCCCCCCCCCCCCCCCCCCCCC(=O)OC(COC(=O)CCCCCCCCCCCCCCCCCCCCCCCCCCCCCCCCCCCCCC)COC(OCC[N+](C)(C)C)C(=O)O. The molecule has 0 aliphatic heterocycles. The van der Waals surface area contributed by atoms with E-state index in [1.165, 1.54) is 321 Å². The van der Waals surface area contributed by atoms with Gasteiger partial charge in [-0.1, -0.05) is 433 Å². The van der Waals surface area contributed by atoms with Gasteiger partial charge < -0.3 is 28.5 Å². The summed E-state index contributed by atoms with van der Waals surface area (Å²) in [6.45, 7) is 4.84. The molecule has 9 heteroatoms. The van der Waals surface area contributed by atoms with E-state index in [-0.39, 0.29) is 38.2 Å². The summed E-state index contributed by atoms with van der Waals surface area (Å²) < 4.78 is 23.1. The average molecular weight is 1430 g/mol. The molecule has 594 valence electrons. The van der Waals surface area contributed by atoms with Crippen LogP contribution >= 0.6 is 0 Å². The third-order valence-electron chi connectivity index (χ3n) is 19.9. The molecular weight excluding hydrogens is 1260 g/mol. The highest BCUT2D eigenvalue weighted by Crippen LogP contribution is 2.21. The summed E-state index contributed by atoms with van der Waals surface area (Å²) in [5.74, 6) is -1.97. The Hall–Kier alpha value is -3.53. The van der Waals surface area contributed by atoms with Crippen molar-refractivity contribution in [1.82, 2.24) is 0 Å². The zero-order valence-corrected chi connectivity index (χ0v) is 68.3. The molecule has 9 nitrogen and oxygen atoms in total. The number of carbonyl (C=O) groups is 3. The Morgan fingerprint density at radius 2 is 0.559 bits per heavy atom. The summed E-state index contributed by atoms with van der Waals surface area (Å²) in [6.07, 6.45) is 112. The smallest absolute Gasteiger partial charge is 0.361 e. The summed E-state index contributed by atoms with van der Waals surface area (Å²) in [5, 5.41) is 9.79. The molecule has 0 saturated heterocycles. The van der Waals surface area contributed by atoms with Crippen LogP contribution in [0.3, 0.4) is 0 Å². The van der Waals surface area contributed by atoms with Crippen LogP contribution < -0.4 is 0 Å². The van der Waals surface area contributed by atoms with E-state index in [0.29, 0.717) is 17.4 Å². The Balaban J connectivity index is 3.93. The monoisotopic (exact) mass is 1430 g/mol. The molecule has 1 N–H and O–H groups in total. The lowest BCUT2D eigenvalue weighted by molar-refractivity contribution is -0.870. The van der Waals surface area contributed by atoms with E-state index in [2.05, 4.69) is 98.9 Å². The van der Waals surface area contributed by atoms with E-state index in [0.717, 1.165) is 83.5 Å². The van der Waals surface area contributed by atoms with E-state index in [9.17, 15) is 19.5 Å². The van der Waals surface area contributed by atoms with Gasteiger partial charge in [0.1, 0.15) is 13.2 Å². The zero-order valence-electron chi connectivity index (χ0n) is 68.3. The number of hydrogen-bond acceptors (Lipinski definition) is 7. The van der Waals surface area contributed by atoms with Crippen LogP contribution in [0.15, 0.2) is 85.1 Å². The van der Waals surface area contributed by atoms with E-state index in [1.54, 1.807) is 0 Å². The second kappa shape index (κ2) is 83.1. The van der Waals surface area contributed by atoms with Crippen molar-refractivity contribution < 1.29 is 42.9 Å². The molecule has 0 aromatic carbocycles. The zero-order chi connectivity index (χ0) is 73.9. The fourth-order valence-electron chi connectivity index (χ4n) is 13.2. The van der Waals surface area contributed by atoms with Crippen molar-refractivity contribution in [3.8, 4) is 0 Å². The number of ether oxygens (including phenoxy) is 4. The van der Waals surface area contributed by atoms with Gasteiger partial charge in [0.2, 0.25) is 0 Å². The first-order chi connectivity index (χ1) is 50.1. The number of carboxylic acid groups (broad SMARTS) is 1. The van der Waals surface area contributed by atoms with Crippen molar-refractivity contribution in [3.63, 3.8) is 0 Å². The maximum atomic E-state index is 13.0. The van der Waals surface area contributed by atoms with Gasteiger partial charge in [0.15, 0.2) is 6.10 Å². The molecule has 102 heavy (non-hydrogen) atoms. The Morgan fingerprint density at radius 1 is 0.304 bits per heavy atom. The lowest BCUT2D eigenvalue weighted by Crippen LogP contribution is -2.40. The molecule has 2 unspecified atom stereocenters. The molecule has 0 radical (unpaired) electrons. The average Bonchev–Trinajstić information content (AvgIpc) is 0.999. The summed E-state index contributed by atoms with van der Waals surface area (Å²) in [6, 6.07) is 0. The van der Waals surface area contributed by atoms with Gasteiger partial charge in [0, 0.05) is 12.8 Å². The number of esters is 2. The molecule has 0 amide bonds. The van der Waals surface area contributed by atoms with Crippen molar-refractivity contribution in [2.45, 2.75) is 444 Å². The van der Waals surface area contributed by atoms with Crippen LogP contribution in [0.1, 0.15) is 431 Å². The first-order valence-electron chi connectivity index (χ1n) is 44.3. The number of nitrogens with zero attached hydrogens (tertiary/aromatic N) is 1. The Morgan fingerprint density at radius 3 is 0.833 bits per heavy atom. The van der Waals surface area contributed by atoms with Crippen molar-refractivity contribution in [2.75, 3.05) is 47.5 Å². The molecule has 0 heterocycles. The van der Waals surface area contributed by atoms with Crippen LogP contribution in [0.4, 0.5) is 0 Å². The van der Waals surface area contributed by atoms with Crippen molar-refractivity contribution in [2.24, 2.45) is 0 Å². The van der Waals surface area contributed by atoms with Crippen LogP contribution in [-0.2, 0) is 33.3 Å². The fraction of sp³-hybridized carbons (Fsp3) is 0.817. The number of hydrogen-bond donors (Lipinski definition) is 1. The minimum Gasteiger partial charge on any atom is -0.477 e. The number of aliphatic carboxylic acids is 1. The maximum absolute atomic E-state index is 13.0. The summed E-state index contributed by atoms with van der Waals surface area (Å²) >= 11 is 0. The number of likely N-dealkylation sites (N-methyl/N-ethyl adjacent to an activating group) is 1. The van der Waals surface area contributed by atoms with Gasteiger partial charge in [-0.15, -0.1) is 0 Å². The van der Waals surface area contributed by atoms with E-state index in [1.807, 2.05) is 21.1 Å². The largest absolute Gasteiger partial charge is 0.477 e. The second-order valence-corrected chi connectivity index (χ2v) is 31.2. The highest BCUT2D eigenvalue weighted by molar-refractivity contribution is 5.71.